The van der Waals surface area contributed by atoms with Crippen LogP contribution in [-0.2, 0) is 17.8 Å². The summed E-state index contributed by atoms with van der Waals surface area (Å²) in [5, 5.41) is 3.34. The maximum absolute atomic E-state index is 11.7. The number of carbonyl (C=O) groups is 1. The minimum atomic E-state index is -0.328. The van der Waals surface area contributed by atoms with Crippen molar-refractivity contribution in [2.75, 3.05) is 0 Å². The molecule has 1 aliphatic carbocycles. The molecule has 0 spiro atoms. The third kappa shape index (κ3) is 3.08. The SMILES string of the molecule is CCCc1nc2ccccc2n1CC(NC1CC1)C(N)=O. The van der Waals surface area contributed by atoms with E-state index >= 15 is 0 Å². The van der Waals surface area contributed by atoms with Crippen LogP contribution in [0, 0.1) is 0 Å². The average molecular weight is 286 g/mol. The fourth-order valence-electron chi connectivity index (χ4n) is 2.69. The van der Waals surface area contributed by atoms with E-state index in [0.29, 0.717) is 12.6 Å². The molecule has 1 aromatic heterocycles. The molecule has 2 aromatic rings. The number of aromatic nitrogens is 2. The first-order chi connectivity index (χ1) is 10.2. The van der Waals surface area contributed by atoms with E-state index in [0.717, 1.165) is 42.5 Å². The van der Waals surface area contributed by atoms with Crippen LogP contribution >= 0.6 is 0 Å². The Hall–Kier alpha value is -1.88. The number of fused-ring (bicyclic) bond motifs is 1. The van der Waals surface area contributed by atoms with Crippen molar-refractivity contribution in [1.29, 1.82) is 0 Å². The summed E-state index contributed by atoms with van der Waals surface area (Å²) in [5.74, 6) is 0.740. The highest BCUT2D eigenvalue weighted by molar-refractivity contribution is 5.81. The second kappa shape index (κ2) is 5.85. The van der Waals surface area contributed by atoms with E-state index in [1.54, 1.807) is 0 Å². The van der Waals surface area contributed by atoms with E-state index in [4.69, 9.17) is 10.7 Å². The summed E-state index contributed by atoms with van der Waals surface area (Å²) >= 11 is 0. The minimum absolute atomic E-state index is 0.290. The number of nitrogens with zero attached hydrogens (tertiary/aromatic N) is 2. The van der Waals surface area contributed by atoms with Gasteiger partial charge in [0.2, 0.25) is 5.91 Å². The van der Waals surface area contributed by atoms with Crippen LogP contribution < -0.4 is 11.1 Å². The van der Waals surface area contributed by atoms with Crippen molar-refractivity contribution < 1.29 is 4.79 Å². The first kappa shape index (κ1) is 14.1. The molecule has 1 heterocycles. The molecule has 3 rings (SSSR count). The van der Waals surface area contributed by atoms with Crippen molar-refractivity contribution in [1.82, 2.24) is 14.9 Å². The van der Waals surface area contributed by atoms with Gasteiger partial charge in [-0.05, 0) is 31.4 Å². The molecule has 1 fully saturated rings. The molecule has 0 aliphatic heterocycles. The topological polar surface area (TPSA) is 72.9 Å². The van der Waals surface area contributed by atoms with Crippen molar-refractivity contribution in [3.05, 3.63) is 30.1 Å². The lowest BCUT2D eigenvalue weighted by molar-refractivity contribution is -0.120. The van der Waals surface area contributed by atoms with Crippen LogP contribution in [0.25, 0.3) is 11.0 Å². The number of aryl methyl sites for hydroxylation is 1. The molecule has 0 radical (unpaired) electrons. The Labute approximate surface area is 124 Å². The molecule has 1 amide bonds. The number of hydrogen-bond donors (Lipinski definition) is 2. The van der Waals surface area contributed by atoms with Crippen molar-refractivity contribution >= 4 is 16.9 Å². The highest BCUT2D eigenvalue weighted by Crippen LogP contribution is 2.21. The largest absolute Gasteiger partial charge is 0.368 e. The van der Waals surface area contributed by atoms with Crippen LogP contribution in [0.4, 0.5) is 0 Å². The summed E-state index contributed by atoms with van der Waals surface area (Å²) in [6.45, 7) is 2.69. The van der Waals surface area contributed by atoms with Crippen molar-refractivity contribution in [3.63, 3.8) is 0 Å². The van der Waals surface area contributed by atoms with Crippen LogP contribution in [0.2, 0.25) is 0 Å². The number of para-hydroxylation sites is 2. The Bertz CT molecular complexity index is 645. The summed E-state index contributed by atoms with van der Waals surface area (Å²) in [4.78, 5) is 16.4. The summed E-state index contributed by atoms with van der Waals surface area (Å²) in [5.41, 5.74) is 7.62. The second-order valence-electron chi connectivity index (χ2n) is 5.77. The molecular weight excluding hydrogens is 264 g/mol. The maximum Gasteiger partial charge on any atom is 0.236 e. The lowest BCUT2D eigenvalue weighted by Gasteiger charge is -2.18. The Kier molecular flexibility index (Phi) is 3.92. The molecule has 1 saturated carbocycles. The van der Waals surface area contributed by atoms with Crippen LogP contribution in [0.5, 0.6) is 0 Å². The summed E-state index contributed by atoms with van der Waals surface area (Å²) in [7, 11) is 0. The minimum Gasteiger partial charge on any atom is -0.368 e. The third-order valence-electron chi connectivity index (χ3n) is 3.93. The van der Waals surface area contributed by atoms with Crippen molar-refractivity contribution in [3.8, 4) is 0 Å². The smallest absolute Gasteiger partial charge is 0.236 e. The van der Waals surface area contributed by atoms with Gasteiger partial charge in [0, 0.05) is 19.0 Å². The van der Waals surface area contributed by atoms with Crippen LogP contribution in [0.1, 0.15) is 32.0 Å². The van der Waals surface area contributed by atoms with E-state index in [9.17, 15) is 4.79 Å². The number of nitrogens with one attached hydrogen (secondary N) is 1. The van der Waals surface area contributed by atoms with E-state index in [-0.39, 0.29) is 11.9 Å². The van der Waals surface area contributed by atoms with E-state index in [1.165, 1.54) is 0 Å². The zero-order chi connectivity index (χ0) is 14.8. The predicted molar refractivity (Wildman–Crippen MR) is 82.9 cm³/mol. The first-order valence-corrected chi connectivity index (χ1v) is 7.68. The van der Waals surface area contributed by atoms with E-state index < -0.39 is 0 Å². The molecule has 0 bridgehead atoms. The predicted octanol–water partition coefficient (Wildman–Crippen LogP) is 1.59. The molecule has 1 aromatic carbocycles. The molecule has 5 heteroatoms. The van der Waals surface area contributed by atoms with Gasteiger partial charge in [0.05, 0.1) is 11.0 Å². The standard InChI is InChI=1S/C16H22N4O/c1-2-5-15-19-12-6-3-4-7-14(12)20(15)10-13(16(17)21)18-11-8-9-11/h3-4,6-7,11,13,18H,2,5,8-10H2,1H3,(H2,17,21). The summed E-state index contributed by atoms with van der Waals surface area (Å²) < 4.78 is 2.14. The molecule has 112 valence electrons. The molecule has 1 aliphatic rings. The van der Waals surface area contributed by atoms with Crippen LogP contribution in [-0.4, -0.2) is 27.5 Å². The quantitative estimate of drug-likeness (QED) is 0.812. The summed E-state index contributed by atoms with van der Waals surface area (Å²) in [6.07, 6.45) is 4.21. The Morgan fingerprint density at radius 2 is 2.24 bits per heavy atom. The molecular formula is C16H22N4O. The number of primary amides is 1. The number of nitrogens with two attached hydrogens (primary N) is 1. The second-order valence-corrected chi connectivity index (χ2v) is 5.77. The maximum atomic E-state index is 11.7. The number of carbonyl (C=O) groups excluding carboxylic acids is 1. The molecule has 1 unspecified atom stereocenters. The molecule has 1 atom stereocenters. The fraction of sp³-hybridized carbons (Fsp3) is 0.500. The molecule has 0 saturated heterocycles. The van der Waals surface area contributed by atoms with Gasteiger partial charge in [0.1, 0.15) is 11.9 Å². The monoisotopic (exact) mass is 286 g/mol. The zero-order valence-corrected chi connectivity index (χ0v) is 12.4. The van der Waals surface area contributed by atoms with E-state index in [1.807, 2.05) is 18.2 Å². The first-order valence-electron chi connectivity index (χ1n) is 7.68. The zero-order valence-electron chi connectivity index (χ0n) is 12.4. The third-order valence-corrected chi connectivity index (χ3v) is 3.93. The lowest BCUT2D eigenvalue weighted by atomic mass is 10.2. The lowest BCUT2D eigenvalue weighted by Crippen LogP contribution is -2.45. The molecule has 3 N–H and O–H groups in total. The van der Waals surface area contributed by atoms with Crippen molar-refractivity contribution in [2.24, 2.45) is 5.73 Å². The normalized spacial score (nSPS) is 16.2. The number of amides is 1. The van der Waals surface area contributed by atoms with Gasteiger partial charge in [-0.25, -0.2) is 4.98 Å². The summed E-state index contributed by atoms with van der Waals surface area (Å²) in [6, 6.07) is 8.18. The van der Waals surface area contributed by atoms with Crippen LogP contribution in [0.15, 0.2) is 24.3 Å². The fourth-order valence-corrected chi connectivity index (χ4v) is 2.69. The number of imidazole rings is 1. The Morgan fingerprint density at radius 3 is 2.90 bits per heavy atom. The van der Waals surface area contributed by atoms with Gasteiger partial charge < -0.3 is 15.6 Å². The number of rotatable bonds is 7. The van der Waals surface area contributed by atoms with E-state index in [2.05, 4.69) is 22.9 Å². The van der Waals surface area contributed by atoms with Gasteiger partial charge in [-0.1, -0.05) is 19.1 Å². The number of benzene rings is 1. The van der Waals surface area contributed by atoms with Crippen LogP contribution in [0.3, 0.4) is 0 Å². The van der Waals surface area contributed by atoms with Gasteiger partial charge in [0.25, 0.3) is 0 Å². The van der Waals surface area contributed by atoms with Gasteiger partial charge in [-0.3, -0.25) is 4.79 Å². The van der Waals surface area contributed by atoms with Crippen molar-refractivity contribution in [2.45, 2.75) is 51.2 Å². The average Bonchev–Trinajstić information content (AvgIpc) is 3.21. The van der Waals surface area contributed by atoms with Gasteiger partial charge in [-0.2, -0.15) is 0 Å². The Balaban J connectivity index is 1.92. The van der Waals surface area contributed by atoms with Gasteiger partial charge in [0.15, 0.2) is 0 Å². The highest BCUT2D eigenvalue weighted by Gasteiger charge is 2.28. The van der Waals surface area contributed by atoms with Gasteiger partial charge in [-0.15, -0.1) is 0 Å². The number of hydrogen-bond acceptors (Lipinski definition) is 3. The molecule has 21 heavy (non-hydrogen) atoms. The van der Waals surface area contributed by atoms with Gasteiger partial charge >= 0.3 is 0 Å². The highest BCUT2D eigenvalue weighted by atomic mass is 16.1. The molecule has 5 nitrogen and oxygen atoms in total. The Morgan fingerprint density at radius 1 is 1.48 bits per heavy atom.